The van der Waals surface area contributed by atoms with Crippen LogP contribution in [0.2, 0.25) is 0 Å². The third-order valence-electron chi connectivity index (χ3n) is 9.08. The largest absolute Gasteiger partial charge is 0.494 e. The highest BCUT2D eigenvalue weighted by atomic mass is 16.5. The van der Waals surface area contributed by atoms with E-state index in [1.807, 2.05) is 40.3 Å². The van der Waals surface area contributed by atoms with E-state index >= 15 is 0 Å². The molecule has 1 aromatic carbocycles. The zero-order valence-corrected chi connectivity index (χ0v) is 24.5. The van der Waals surface area contributed by atoms with Crippen molar-refractivity contribution >= 4 is 17.8 Å². The number of hydrogen-bond acceptors (Lipinski definition) is 6. The third-order valence-corrected chi connectivity index (χ3v) is 9.08. The molecule has 2 aromatic rings. The fourth-order valence-corrected chi connectivity index (χ4v) is 6.69. The first-order chi connectivity index (χ1) is 20.5. The summed E-state index contributed by atoms with van der Waals surface area (Å²) in [6.07, 6.45) is 9.14. The van der Waals surface area contributed by atoms with Crippen LogP contribution in [0.3, 0.4) is 0 Å². The minimum atomic E-state index is -0.105. The third kappa shape index (κ3) is 6.25. The lowest BCUT2D eigenvalue weighted by Crippen LogP contribution is -2.44. The van der Waals surface area contributed by atoms with E-state index in [1.165, 1.54) is 0 Å². The van der Waals surface area contributed by atoms with Crippen LogP contribution in [-0.2, 0) is 20.9 Å². The van der Waals surface area contributed by atoms with Crippen molar-refractivity contribution in [2.75, 3.05) is 59.5 Å². The Balaban J connectivity index is 1.18. The van der Waals surface area contributed by atoms with Crippen LogP contribution in [0.25, 0.3) is 11.4 Å². The summed E-state index contributed by atoms with van der Waals surface area (Å²) in [5, 5.41) is 0. The van der Waals surface area contributed by atoms with Gasteiger partial charge in [-0.05, 0) is 50.7 Å². The highest BCUT2D eigenvalue weighted by Gasteiger charge is 2.45. The van der Waals surface area contributed by atoms with Crippen molar-refractivity contribution in [3.05, 3.63) is 36.7 Å². The second-order valence-corrected chi connectivity index (χ2v) is 11.9. The van der Waals surface area contributed by atoms with Crippen LogP contribution < -0.4 is 4.74 Å². The molecule has 42 heavy (non-hydrogen) atoms. The van der Waals surface area contributed by atoms with Gasteiger partial charge >= 0.3 is 6.03 Å². The van der Waals surface area contributed by atoms with Crippen molar-refractivity contribution in [3.8, 4) is 17.1 Å². The normalized spacial score (nSPS) is 25.4. The first-order valence-corrected chi connectivity index (χ1v) is 15.4. The molecule has 1 aromatic heterocycles. The molecule has 0 unspecified atom stereocenters. The second-order valence-electron chi connectivity index (χ2n) is 11.9. The molecule has 3 atom stereocenters. The number of hydrogen-bond donors (Lipinski definition) is 0. The summed E-state index contributed by atoms with van der Waals surface area (Å²) in [5.74, 6) is 1.67. The van der Waals surface area contributed by atoms with Crippen molar-refractivity contribution < 1.29 is 23.9 Å². The van der Waals surface area contributed by atoms with Gasteiger partial charge in [-0.15, -0.1) is 0 Å². The first kappa shape index (κ1) is 28.5. The predicted molar refractivity (Wildman–Crippen MR) is 156 cm³/mol. The van der Waals surface area contributed by atoms with Crippen LogP contribution in [-0.4, -0.2) is 119 Å². The molecule has 4 amide bonds. The molecule has 4 aliphatic rings. The van der Waals surface area contributed by atoms with Gasteiger partial charge in [0.25, 0.3) is 0 Å². The molecule has 11 heteroatoms. The lowest BCUT2D eigenvalue weighted by molar-refractivity contribution is -0.137. The maximum absolute atomic E-state index is 13.6. The van der Waals surface area contributed by atoms with E-state index in [2.05, 4.69) is 9.55 Å². The van der Waals surface area contributed by atoms with E-state index in [-0.39, 0.29) is 42.5 Å². The van der Waals surface area contributed by atoms with Crippen molar-refractivity contribution in [1.82, 2.24) is 29.2 Å². The Morgan fingerprint density at radius 3 is 2.57 bits per heavy atom. The van der Waals surface area contributed by atoms with Crippen LogP contribution in [0.1, 0.15) is 38.5 Å². The molecule has 0 aliphatic carbocycles. The molecular weight excluding hydrogens is 536 g/mol. The Morgan fingerprint density at radius 2 is 1.81 bits per heavy atom. The number of amides is 4. The summed E-state index contributed by atoms with van der Waals surface area (Å²) in [5.41, 5.74) is 0.943. The monoisotopic (exact) mass is 578 g/mol. The van der Waals surface area contributed by atoms with Crippen LogP contribution in [0.5, 0.6) is 5.75 Å². The maximum atomic E-state index is 13.6. The standard InChI is InChI=1S/C31H42N6O5/c1-33-15-16-37(31(33)40)22-28(38)34-11-2-3-12-36(30(39)26-21-25-8-9-27(26)42-25)13-5-19-41-24-7-4-6-23(20-24)29-32-10-14-35(29)18-17-34/h4,6-7,10,14,20,25-27H,2-3,5,8-9,11-13,15-19,21-22H2,1H3/t25-,26+,27+/m0/s1. The van der Waals surface area contributed by atoms with Gasteiger partial charge in [0.2, 0.25) is 11.8 Å². The first-order valence-electron chi connectivity index (χ1n) is 15.4. The van der Waals surface area contributed by atoms with Gasteiger partial charge in [-0.25, -0.2) is 9.78 Å². The lowest BCUT2D eigenvalue weighted by atomic mass is 9.88. The fourth-order valence-electron chi connectivity index (χ4n) is 6.69. The Bertz CT molecular complexity index is 1280. The predicted octanol–water partition coefficient (Wildman–Crippen LogP) is 2.70. The zero-order chi connectivity index (χ0) is 29.1. The van der Waals surface area contributed by atoms with Gasteiger partial charge < -0.3 is 33.6 Å². The Morgan fingerprint density at radius 1 is 0.976 bits per heavy atom. The van der Waals surface area contributed by atoms with Crippen LogP contribution in [0.4, 0.5) is 4.79 Å². The molecule has 0 radical (unpaired) electrons. The van der Waals surface area contributed by atoms with Gasteiger partial charge in [-0.1, -0.05) is 12.1 Å². The SMILES string of the molecule is CN1CCN(CC(=O)N2CCCCN(C(=O)[C@@H]3C[C@@H]4CC[C@H]3O4)CCCOc3cccc(c3)-c3nccn3CC2)C1=O. The number of benzene rings is 1. The van der Waals surface area contributed by atoms with Gasteiger partial charge in [-0.3, -0.25) is 9.59 Å². The average molecular weight is 579 g/mol. The number of ether oxygens (including phenoxy) is 2. The van der Waals surface area contributed by atoms with Crippen molar-refractivity contribution in [2.24, 2.45) is 5.92 Å². The Labute approximate surface area is 247 Å². The number of fused-ring (bicyclic) bond motifs is 6. The quantitative estimate of drug-likeness (QED) is 0.556. The highest BCUT2D eigenvalue weighted by Crippen LogP contribution is 2.39. The smallest absolute Gasteiger partial charge is 0.320 e. The number of carbonyl (C=O) groups excluding carboxylic acids is 3. The van der Waals surface area contributed by atoms with Gasteiger partial charge in [0.15, 0.2) is 0 Å². The molecule has 5 heterocycles. The number of aromatic nitrogens is 2. The number of likely N-dealkylation sites (N-methyl/N-ethyl adjacent to an activating group) is 1. The lowest BCUT2D eigenvalue weighted by Gasteiger charge is -2.29. The molecule has 4 aliphatic heterocycles. The summed E-state index contributed by atoms with van der Waals surface area (Å²) < 4.78 is 14.2. The van der Waals surface area contributed by atoms with Crippen LogP contribution >= 0.6 is 0 Å². The van der Waals surface area contributed by atoms with E-state index < -0.39 is 0 Å². The fraction of sp³-hybridized carbons (Fsp3) is 0.613. The summed E-state index contributed by atoms with van der Waals surface area (Å²) in [7, 11) is 1.76. The van der Waals surface area contributed by atoms with Crippen molar-refractivity contribution in [1.29, 1.82) is 0 Å². The van der Waals surface area contributed by atoms with Crippen LogP contribution in [0, 0.1) is 5.92 Å². The topological polar surface area (TPSA) is 100 Å². The highest BCUT2D eigenvalue weighted by molar-refractivity contribution is 5.85. The van der Waals surface area contributed by atoms with E-state index in [0.717, 1.165) is 55.7 Å². The summed E-state index contributed by atoms with van der Waals surface area (Å²) >= 11 is 0. The molecule has 0 spiro atoms. The number of imidazole rings is 1. The second kappa shape index (κ2) is 12.7. The molecule has 3 saturated heterocycles. The number of rotatable bonds is 3. The molecule has 4 bridgehead atoms. The minimum absolute atomic E-state index is 0.0491. The van der Waals surface area contributed by atoms with Crippen molar-refractivity contribution in [3.63, 3.8) is 0 Å². The average Bonchev–Trinajstić information content (AvgIpc) is 3.80. The van der Waals surface area contributed by atoms with E-state index in [0.29, 0.717) is 52.4 Å². The summed E-state index contributed by atoms with van der Waals surface area (Å²) in [6, 6.07) is 7.80. The van der Waals surface area contributed by atoms with E-state index in [4.69, 9.17) is 9.47 Å². The summed E-state index contributed by atoms with van der Waals surface area (Å²) in [6.45, 7) is 4.70. The Hall–Kier alpha value is -3.60. The van der Waals surface area contributed by atoms with Gasteiger partial charge in [0.1, 0.15) is 18.1 Å². The summed E-state index contributed by atoms with van der Waals surface area (Å²) in [4.78, 5) is 51.3. The molecule has 0 saturated carbocycles. The number of urea groups is 1. The maximum Gasteiger partial charge on any atom is 0.320 e. The molecule has 3 fully saturated rings. The molecule has 11 nitrogen and oxygen atoms in total. The van der Waals surface area contributed by atoms with Gasteiger partial charge in [0, 0.05) is 70.8 Å². The van der Waals surface area contributed by atoms with Crippen molar-refractivity contribution in [2.45, 2.75) is 57.3 Å². The Kier molecular flexibility index (Phi) is 8.64. The molecule has 0 N–H and O–H groups in total. The minimum Gasteiger partial charge on any atom is -0.494 e. The van der Waals surface area contributed by atoms with E-state index in [1.54, 1.807) is 23.0 Å². The van der Waals surface area contributed by atoms with Gasteiger partial charge in [0.05, 0.1) is 24.7 Å². The molecule has 6 rings (SSSR count). The number of carbonyl (C=O) groups is 3. The number of nitrogens with zero attached hydrogens (tertiary/aromatic N) is 6. The molecular formula is C31H42N6O5. The zero-order valence-electron chi connectivity index (χ0n) is 24.5. The van der Waals surface area contributed by atoms with E-state index in [9.17, 15) is 14.4 Å². The van der Waals surface area contributed by atoms with Crippen LogP contribution in [0.15, 0.2) is 36.7 Å². The van der Waals surface area contributed by atoms with Gasteiger partial charge in [-0.2, -0.15) is 0 Å². The molecule has 226 valence electrons.